The van der Waals surface area contributed by atoms with Crippen molar-refractivity contribution in [2.45, 2.75) is 70.4 Å². The van der Waals surface area contributed by atoms with Gasteiger partial charge in [-0.05, 0) is 49.4 Å². The summed E-state index contributed by atoms with van der Waals surface area (Å²) in [6.45, 7) is 6.15. The van der Waals surface area contributed by atoms with Crippen molar-refractivity contribution < 1.29 is 9.90 Å². The van der Waals surface area contributed by atoms with Crippen LogP contribution in [0.4, 0.5) is 0 Å². The average molecular weight is 237 g/mol. The maximum atomic E-state index is 11.4. The summed E-state index contributed by atoms with van der Waals surface area (Å²) >= 11 is 0. The van der Waals surface area contributed by atoms with E-state index in [2.05, 4.69) is 19.2 Å². The van der Waals surface area contributed by atoms with E-state index in [1.165, 1.54) is 6.42 Å². The Balaban J connectivity index is 2.01. The highest BCUT2D eigenvalue weighted by molar-refractivity contribution is 5.74. The van der Waals surface area contributed by atoms with E-state index in [1.807, 2.05) is 0 Å². The van der Waals surface area contributed by atoms with E-state index in [0.717, 1.165) is 32.1 Å². The Morgan fingerprint density at radius 3 is 1.94 bits per heavy atom. The molecule has 4 aliphatic rings. The molecule has 0 aromatic heterocycles. The summed E-state index contributed by atoms with van der Waals surface area (Å²) in [4.78, 5) is 11.4. The molecule has 0 aliphatic heterocycles. The Hall–Kier alpha value is -0.570. The van der Waals surface area contributed by atoms with Crippen LogP contribution in [0.5, 0.6) is 0 Å². The highest BCUT2D eigenvalue weighted by atomic mass is 16.3. The standard InChI is InChI=1S/C14H23NO2/c1-10(16)15-13-5-11(2)4-12(3,6-13)8-14(17,7-11)9-13/h17H,4-9H2,1-3H3,(H,15,16)/t11-,12+,13?,14?. The van der Waals surface area contributed by atoms with Crippen LogP contribution in [0, 0.1) is 10.8 Å². The lowest BCUT2D eigenvalue weighted by Crippen LogP contribution is -2.70. The highest BCUT2D eigenvalue weighted by Crippen LogP contribution is 2.67. The molecule has 96 valence electrons. The van der Waals surface area contributed by atoms with Crippen LogP contribution >= 0.6 is 0 Å². The second-order valence-corrected chi connectivity index (χ2v) is 7.87. The third-order valence-corrected chi connectivity index (χ3v) is 5.00. The van der Waals surface area contributed by atoms with Crippen LogP contribution in [-0.2, 0) is 4.79 Å². The molecule has 17 heavy (non-hydrogen) atoms. The van der Waals surface area contributed by atoms with E-state index in [4.69, 9.17) is 0 Å². The van der Waals surface area contributed by atoms with E-state index < -0.39 is 5.60 Å². The first-order valence-corrected chi connectivity index (χ1v) is 6.67. The summed E-state index contributed by atoms with van der Waals surface area (Å²) in [5.74, 6) is 0.0442. The molecular formula is C14H23NO2. The van der Waals surface area contributed by atoms with Gasteiger partial charge in [-0.3, -0.25) is 4.79 Å². The lowest BCUT2D eigenvalue weighted by molar-refractivity contribution is -0.204. The summed E-state index contributed by atoms with van der Waals surface area (Å²) in [5, 5.41) is 13.9. The topological polar surface area (TPSA) is 49.3 Å². The second kappa shape index (κ2) is 2.87. The van der Waals surface area contributed by atoms with Crippen molar-refractivity contribution in [2.24, 2.45) is 10.8 Å². The van der Waals surface area contributed by atoms with Gasteiger partial charge in [0, 0.05) is 12.5 Å². The maximum Gasteiger partial charge on any atom is 0.217 e. The number of rotatable bonds is 1. The van der Waals surface area contributed by atoms with Gasteiger partial charge in [-0.1, -0.05) is 13.8 Å². The van der Waals surface area contributed by atoms with Crippen molar-refractivity contribution in [2.75, 3.05) is 0 Å². The largest absolute Gasteiger partial charge is 0.390 e. The second-order valence-electron chi connectivity index (χ2n) is 7.87. The van der Waals surface area contributed by atoms with Gasteiger partial charge in [0.05, 0.1) is 5.60 Å². The number of nitrogens with one attached hydrogen (secondary N) is 1. The lowest BCUT2D eigenvalue weighted by Gasteiger charge is -2.68. The lowest BCUT2D eigenvalue weighted by atomic mass is 9.41. The van der Waals surface area contributed by atoms with Crippen molar-refractivity contribution in [3.8, 4) is 0 Å². The molecule has 0 heterocycles. The summed E-state index contributed by atoms with van der Waals surface area (Å²) in [7, 11) is 0. The van der Waals surface area contributed by atoms with Crippen LogP contribution in [0.15, 0.2) is 0 Å². The third kappa shape index (κ3) is 1.70. The zero-order valence-electron chi connectivity index (χ0n) is 11.1. The number of carbonyl (C=O) groups excluding carboxylic acids is 1. The van der Waals surface area contributed by atoms with E-state index >= 15 is 0 Å². The van der Waals surface area contributed by atoms with Crippen LogP contribution in [0.3, 0.4) is 0 Å². The molecule has 3 nitrogen and oxygen atoms in total. The fourth-order valence-electron chi connectivity index (χ4n) is 6.14. The molecule has 2 unspecified atom stereocenters. The van der Waals surface area contributed by atoms with Gasteiger partial charge >= 0.3 is 0 Å². The quantitative estimate of drug-likeness (QED) is 0.732. The van der Waals surface area contributed by atoms with Gasteiger partial charge in [-0.2, -0.15) is 0 Å². The zero-order chi connectivity index (χ0) is 12.5. The molecular weight excluding hydrogens is 214 g/mol. The zero-order valence-corrected chi connectivity index (χ0v) is 11.1. The highest BCUT2D eigenvalue weighted by Gasteiger charge is 2.65. The molecule has 4 bridgehead atoms. The van der Waals surface area contributed by atoms with E-state index in [-0.39, 0.29) is 22.3 Å². The van der Waals surface area contributed by atoms with Crippen molar-refractivity contribution in [3.63, 3.8) is 0 Å². The number of hydrogen-bond donors (Lipinski definition) is 2. The van der Waals surface area contributed by atoms with Gasteiger partial charge in [-0.15, -0.1) is 0 Å². The smallest absolute Gasteiger partial charge is 0.217 e. The molecule has 0 aromatic rings. The first-order chi connectivity index (χ1) is 7.66. The van der Waals surface area contributed by atoms with Gasteiger partial charge < -0.3 is 10.4 Å². The Morgan fingerprint density at radius 2 is 1.53 bits per heavy atom. The molecule has 0 radical (unpaired) electrons. The Morgan fingerprint density at radius 1 is 1.00 bits per heavy atom. The van der Waals surface area contributed by atoms with Crippen LogP contribution in [0.1, 0.15) is 59.3 Å². The molecule has 0 aromatic carbocycles. The monoisotopic (exact) mass is 237 g/mol. The molecule has 4 rings (SSSR count). The fourth-order valence-corrected chi connectivity index (χ4v) is 6.14. The van der Waals surface area contributed by atoms with E-state index in [9.17, 15) is 9.90 Å². The minimum atomic E-state index is -0.541. The molecule has 3 heteroatoms. The molecule has 1 amide bonds. The van der Waals surface area contributed by atoms with Gasteiger partial charge in [0.15, 0.2) is 0 Å². The molecule has 4 fully saturated rings. The minimum Gasteiger partial charge on any atom is -0.390 e. The van der Waals surface area contributed by atoms with Crippen molar-refractivity contribution in [1.82, 2.24) is 5.32 Å². The molecule has 4 saturated carbocycles. The fraction of sp³-hybridized carbons (Fsp3) is 0.929. The van der Waals surface area contributed by atoms with E-state index in [1.54, 1.807) is 6.92 Å². The molecule has 4 aliphatic carbocycles. The normalized spacial score (nSPS) is 56.0. The van der Waals surface area contributed by atoms with Crippen LogP contribution in [-0.4, -0.2) is 22.2 Å². The SMILES string of the molecule is CC(=O)NC12CC3(O)C[C@@](C)(C1)C[C@](C)(C3)C2. The van der Waals surface area contributed by atoms with E-state index in [0.29, 0.717) is 0 Å². The van der Waals surface area contributed by atoms with Crippen LogP contribution in [0.25, 0.3) is 0 Å². The third-order valence-electron chi connectivity index (χ3n) is 5.00. The Labute approximate surface area is 103 Å². The van der Waals surface area contributed by atoms with Crippen molar-refractivity contribution in [3.05, 3.63) is 0 Å². The molecule has 0 spiro atoms. The number of carbonyl (C=O) groups is 1. The van der Waals surface area contributed by atoms with Crippen LogP contribution < -0.4 is 5.32 Å². The predicted octanol–water partition coefficient (Wildman–Crippen LogP) is 1.99. The van der Waals surface area contributed by atoms with Gasteiger partial charge in [0.25, 0.3) is 0 Å². The first-order valence-electron chi connectivity index (χ1n) is 6.67. The summed E-state index contributed by atoms with van der Waals surface area (Å²) in [6.07, 6.45) is 5.86. The summed E-state index contributed by atoms with van der Waals surface area (Å²) in [5.41, 5.74) is -0.263. The molecule has 0 saturated heterocycles. The average Bonchev–Trinajstić information content (AvgIpc) is 1.87. The van der Waals surface area contributed by atoms with Crippen molar-refractivity contribution in [1.29, 1.82) is 0 Å². The number of hydrogen-bond acceptors (Lipinski definition) is 2. The van der Waals surface area contributed by atoms with Crippen LogP contribution in [0.2, 0.25) is 0 Å². The Bertz CT molecular complexity index is 336. The maximum absolute atomic E-state index is 11.4. The molecule has 2 N–H and O–H groups in total. The summed E-state index contributed by atoms with van der Waals surface area (Å²) in [6, 6.07) is 0. The van der Waals surface area contributed by atoms with Gasteiger partial charge in [0.1, 0.15) is 0 Å². The summed E-state index contributed by atoms with van der Waals surface area (Å²) < 4.78 is 0. The predicted molar refractivity (Wildman–Crippen MR) is 65.4 cm³/mol. The minimum absolute atomic E-state index is 0.0442. The molecule has 4 atom stereocenters. The number of amides is 1. The number of aliphatic hydroxyl groups is 1. The van der Waals surface area contributed by atoms with Gasteiger partial charge in [0.2, 0.25) is 5.91 Å². The Kier molecular flexibility index (Phi) is 1.95. The van der Waals surface area contributed by atoms with Crippen molar-refractivity contribution >= 4 is 5.91 Å². The first kappa shape index (κ1) is 11.5. The van der Waals surface area contributed by atoms with Gasteiger partial charge in [-0.25, -0.2) is 0 Å².